The topological polar surface area (TPSA) is 52.6 Å². The molecular weight excluding hydrogens is 240 g/mol. The molecule has 1 saturated heterocycles. The Balaban J connectivity index is 1.85. The summed E-state index contributed by atoms with van der Waals surface area (Å²) in [6, 6.07) is 0.448. The van der Waals surface area contributed by atoms with Crippen LogP contribution in [0.25, 0.3) is 0 Å². The van der Waals surface area contributed by atoms with Crippen LogP contribution in [-0.4, -0.2) is 41.8 Å². The van der Waals surface area contributed by atoms with Crippen molar-refractivity contribution in [1.82, 2.24) is 10.2 Å². The van der Waals surface area contributed by atoms with Crippen LogP contribution in [0.3, 0.4) is 0 Å². The molecule has 4 nitrogen and oxygen atoms in total. The van der Waals surface area contributed by atoms with E-state index in [1.165, 1.54) is 19.3 Å². The van der Waals surface area contributed by atoms with Gasteiger partial charge < -0.3 is 15.3 Å². The lowest BCUT2D eigenvalue weighted by molar-refractivity contribution is 0.123. The van der Waals surface area contributed by atoms with Crippen LogP contribution in [0.15, 0.2) is 0 Å². The lowest BCUT2D eigenvalue weighted by Gasteiger charge is -2.36. The average Bonchev–Trinajstić information content (AvgIpc) is 2.47. The van der Waals surface area contributed by atoms with Gasteiger partial charge in [0, 0.05) is 25.7 Å². The molecule has 110 valence electrons. The van der Waals surface area contributed by atoms with Gasteiger partial charge in [0.15, 0.2) is 0 Å². The third-order valence-corrected chi connectivity index (χ3v) is 4.81. The molecule has 0 radical (unpaired) electrons. The zero-order chi connectivity index (χ0) is 13.7. The lowest BCUT2D eigenvalue weighted by Crippen LogP contribution is -2.51. The van der Waals surface area contributed by atoms with Crippen molar-refractivity contribution < 1.29 is 9.90 Å². The molecule has 2 fully saturated rings. The molecule has 2 aliphatic rings. The number of likely N-dealkylation sites (tertiary alicyclic amines) is 1. The fraction of sp³-hybridized carbons (Fsp3) is 0.933. The molecule has 1 saturated carbocycles. The van der Waals surface area contributed by atoms with Gasteiger partial charge in [-0.25, -0.2) is 4.79 Å². The fourth-order valence-corrected chi connectivity index (χ4v) is 3.53. The highest BCUT2D eigenvalue weighted by Gasteiger charge is 2.28. The number of rotatable bonds is 3. The molecule has 19 heavy (non-hydrogen) atoms. The molecule has 0 spiro atoms. The number of nitrogens with one attached hydrogen (secondary N) is 1. The first-order valence-electron chi connectivity index (χ1n) is 7.91. The van der Waals surface area contributed by atoms with Crippen molar-refractivity contribution >= 4 is 6.03 Å². The van der Waals surface area contributed by atoms with E-state index in [4.69, 9.17) is 0 Å². The molecule has 2 rings (SSSR count). The van der Waals surface area contributed by atoms with Crippen molar-refractivity contribution in [3.8, 4) is 0 Å². The Morgan fingerprint density at radius 3 is 2.79 bits per heavy atom. The average molecular weight is 268 g/mol. The monoisotopic (exact) mass is 268 g/mol. The summed E-state index contributed by atoms with van der Waals surface area (Å²) in [5.74, 6) is 0.920. The van der Waals surface area contributed by atoms with Gasteiger partial charge in [-0.1, -0.05) is 26.2 Å². The van der Waals surface area contributed by atoms with Gasteiger partial charge in [-0.3, -0.25) is 0 Å². The fourth-order valence-electron chi connectivity index (χ4n) is 3.53. The maximum Gasteiger partial charge on any atom is 0.317 e. The number of hydrogen-bond acceptors (Lipinski definition) is 2. The first kappa shape index (κ1) is 14.6. The second kappa shape index (κ2) is 7.13. The molecule has 0 aromatic heterocycles. The molecule has 0 aromatic rings. The molecule has 0 bridgehead atoms. The summed E-state index contributed by atoms with van der Waals surface area (Å²) in [7, 11) is 0. The minimum atomic E-state index is 0.0866. The van der Waals surface area contributed by atoms with Gasteiger partial charge in [0.25, 0.3) is 0 Å². The Bertz CT molecular complexity index is 296. The quantitative estimate of drug-likeness (QED) is 0.825. The highest BCUT2D eigenvalue weighted by atomic mass is 16.3. The van der Waals surface area contributed by atoms with E-state index >= 15 is 0 Å². The normalized spacial score (nSPS) is 32.1. The number of piperidine rings is 1. The number of hydrogen-bond donors (Lipinski definition) is 2. The van der Waals surface area contributed by atoms with Gasteiger partial charge in [-0.05, 0) is 37.5 Å². The van der Waals surface area contributed by atoms with E-state index in [1.54, 1.807) is 0 Å². The summed E-state index contributed by atoms with van der Waals surface area (Å²) < 4.78 is 0. The van der Waals surface area contributed by atoms with E-state index in [1.807, 2.05) is 4.90 Å². The Labute approximate surface area is 116 Å². The number of urea groups is 1. The smallest absolute Gasteiger partial charge is 0.317 e. The Morgan fingerprint density at radius 1 is 1.26 bits per heavy atom. The molecule has 1 heterocycles. The first-order valence-corrected chi connectivity index (χ1v) is 7.91. The molecule has 2 amide bonds. The van der Waals surface area contributed by atoms with E-state index in [0.29, 0.717) is 18.5 Å². The molecule has 1 aliphatic carbocycles. The molecule has 3 unspecified atom stereocenters. The predicted molar refractivity (Wildman–Crippen MR) is 76.0 cm³/mol. The van der Waals surface area contributed by atoms with Crippen LogP contribution in [-0.2, 0) is 0 Å². The molecule has 1 aliphatic heterocycles. The van der Waals surface area contributed by atoms with Gasteiger partial charge in [0.2, 0.25) is 0 Å². The van der Waals surface area contributed by atoms with Gasteiger partial charge in [-0.15, -0.1) is 0 Å². The Morgan fingerprint density at radius 2 is 2.05 bits per heavy atom. The second-order valence-electron chi connectivity index (χ2n) is 6.15. The van der Waals surface area contributed by atoms with Gasteiger partial charge in [0.05, 0.1) is 0 Å². The van der Waals surface area contributed by atoms with Crippen LogP contribution in [0.4, 0.5) is 4.79 Å². The Kier molecular flexibility index (Phi) is 5.49. The molecule has 3 atom stereocenters. The number of aliphatic hydroxyl groups excluding tert-OH is 1. The third kappa shape index (κ3) is 3.85. The molecular formula is C15H28N2O2. The number of nitrogens with zero attached hydrogens (tertiary/aromatic N) is 1. The van der Waals surface area contributed by atoms with Crippen LogP contribution in [0.2, 0.25) is 0 Å². The zero-order valence-electron chi connectivity index (χ0n) is 12.1. The molecule has 4 heteroatoms. The standard InChI is InChI=1S/C15H28N2O2/c1-2-13-7-3-4-8-14(13)16-15(19)17-9-5-6-12(10-17)11-18/h12-14,18H,2-11H2,1H3,(H,16,19). The number of amides is 2. The number of carbonyl (C=O) groups is 1. The maximum atomic E-state index is 12.3. The Hall–Kier alpha value is -0.770. The van der Waals surface area contributed by atoms with Crippen LogP contribution in [0, 0.1) is 11.8 Å². The van der Waals surface area contributed by atoms with Crippen molar-refractivity contribution in [3.63, 3.8) is 0 Å². The molecule has 2 N–H and O–H groups in total. The second-order valence-corrected chi connectivity index (χ2v) is 6.15. The van der Waals surface area contributed by atoms with Crippen LogP contribution in [0.1, 0.15) is 51.9 Å². The summed E-state index contributed by atoms with van der Waals surface area (Å²) in [5.41, 5.74) is 0. The van der Waals surface area contributed by atoms with E-state index in [-0.39, 0.29) is 18.6 Å². The largest absolute Gasteiger partial charge is 0.396 e. The SMILES string of the molecule is CCC1CCCCC1NC(=O)N1CCCC(CO)C1. The lowest BCUT2D eigenvalue weighted by atomic mass is 9.83. The predicted octanol–water partition coefficient (Wildman–Crippen LogP) is 2.37. The summed E-state index contributed by atoms with van der Waals surface area (Å²) >= 11 is 0. The van der Waals surface area contributed by atoms with Gasteiger partial charge in [0.1, 0.15) is 0 Å². The first-order chi connectivity index (χ1) is 9.24. The van der Waals surface area contributed by atoms with Gasteiger partial charge in [-0.2, -0.15) is 0 Å². The zero-order valence-corrected chi connectivity index (χ0v) is 12.1. The third-order valence-electron chi connectivity index (χ3n) is 4.81. The summed E-state index contributed by atoms with van der Waals surface area (Å²) in [4.78, 5) is 14.2. The van der Waals surface area contributed by atoms with Crippen molar-refractivity contribution in [2.45, 2.75) is 57.9 Å². The van der Waals surface area contributed by atoms with Crippen molar-refractivity contribution in [2.24, 2.45) is 11.8 Å². The number of aliphatic hydroxyl groups is 1. The van der Waals surface area contributed by atoms with E-state index < -0.39 is 0 Å². The number of carbonyl (C=O) groups excluding carboxylic acids is 1. The van der Waals surface area contributed by atoms with Crippen molar-refractivity contribution in [1.29, 1.82) is 0 Å². The minimum Gasteiger partial charge on any atom is -0.396 e. The van der Waals surface area contributed by atoms with Crippen LogP contribution in [0.5, 0.6) is 0 Å². The van der Waals surface area contributed by atoms with Crippen LogP contribution >= 0.6 is 0 Å². The van der Waals surface area contributed by atoms with Crippen LogP contribution < -0.4 is 5.32 Å². The highest BCUT2D eigenvalue weighted by molar-refractivity contribution is 5.74. The summed E-state index contributed by atoms with van der Waals surface area (Å²) in [6.07, 6.45) is 8.14. The van der Waals surface area contributed by atoms with Crippen molar-refractivity contribution in [3.05, 3.63) is 0 Å². The summed E-state index contributed by atoms with van der Waals surface area (Å²) in [5, 5.41) is 12.5. The van der Waals surface area contributed by atoms with Gasteiger partial charge >= 0.3 is 6.03 Å². The maximum absolute atomic E-state index is 12.3. The highest BCUT2D eigenvalue weighted by Crippen LogP contribution is 2.27. The summed E-state index contributed by atoms with van der Waals surface area (Å²) in [6.45, 7) is 3.97. The van der Waals surface area contributed by atoms with E-state index in [9.17, 15) is 9.90 Å². The van der Waals surface area contributed by atoms with E-state index in [2.05, 4.69) is 12.2 Å². The minimum absolute atomic E-state index is 0.0866. The van der Waals surface area contributed by atoms with E-state index in [0.717, 1.165) is 32.2 Å². The molecule has 0 aromatic carbocycles. The van der Waals surface area contributed by atoms with Crippen molar-refractivity contribution in [2.75, 3.05) is 19.7 Å².